The smallest absolute Gasteiger partial charge is 0.347 e. The average molecular weight is 1190 g/mol. The van der Waals surface area contributed by atoms with Crippen LogP contribution in [0.2, 0.25) is 5.02 Å². The number of epoxide rings is 1. The van der Waals surface area contributed by atoms with Crippen molar-refractivity contribution in [3.05, 3.63) is 76.3 Å². The number of carbonyl (C=O) groups is 9. The summed E-state index contributed by atoms with van der Waals surface area (Å²) in [6.07, 6.45) is -11.1. The Bertz CT molecular complexity index is 2630. The van der Waals surface area contributed by atoms with Crippen LogP contribution in [-0.4, -0.2) is 166 Å². The number of benzene rings is 2. The molecule has 0 saturated carbocycles. The van der Waals surface area contributed by atoms with Gasteiger partial charge in [0.2, 0.25) is 29.7 Å². The predicted molar refractivity (Wildman–Crippen MR) is 298 cm³/mol. The largest absolute Gasteiger partial charge is 0.495 e. The minimum atomic E-state index is -2.04. The molecule has 4 bridgehead atoms. The zero-order valence-corrected chi connectivity index (χ0v) is 48.8. The van der Waals surface area contributed by atoms with Gasteiger partial charge in [0.25, 0.3) is 0 Å². The van der Waals surface area contributed by atoms with Gasteiger partial charge in [-0.2, -0.15) is 0 Å². The summed E-state index contributed by atoms with van der Waals surface area (Å²) in [5, 5.41) is 63.3. The molecule has 0 aromatic heterocycles. The van der Waals surface area contributed by atoms with Gasteiger partial charge in [-0.25, -0.2) is 4.79 Å². The van der Waals surface area contributed by atoms with E-state index in [9.17, 15) is 63.6 Å². The van der Waals surface area contributed by atoms with Gasteiger partial charge in [0.1, 0.15) is 48.1 Å². The summed E-state index contributed by atoms with van der Waals surface area (Å²) in [4.78, 5) is 121. The van der Waals surface area contributed by atoms with Crippen molar-refractivity contribution in [2.45, 2.75) is 179 Å². The number of aliphatic carboxylic acids is 1. The van der Waals surface area contributed by atoms with Crippen LogP contribution >= 0.6 is 11.6 Å². The third-order valence-corrected chi connectivity index (χ3v) is 15.3. The molecule has 4 heterocycles. The molecule has 83 heavy (non-hydrogen) atoms. The summed E-state index contributed by atoms with van der Waals surface area (Å²) in [7, 11) is 1.45. The number of esters is 2. The molecule has 1 unspecified atom stereocenters. The molecule has 6 rings (SSSR count). The number of halogens is 1. The molecular weight excluding hydrogens is 1100 g/mol. The maximum absolute atomic E-state index is 14.4. The lowest BCUT2D eigenvalue weighted by atomic mass is 9.85. The first-order chi connectivity index (χ1) is 39.2. The van der Waals surface area contributed by atoms with Crippen LogP contribution in [0, 0.1) is 23.2 Å². The first-order valence-electron chi connectivity index (χ1n) is 28.1. The van der Waals surface area contributed by atoms with E-state index in [1.54, 1.807) is 39.0 Å². The molecule has 4 amide bonds. The molecule has 1 saturated heterocycles. The molecule has 2 aromatic carbocycles. The van der Waals surface area contributed by atoms with E-state index in [1.807, 2.05) is 24.3 Å². The van der Waals surface area contributed by atoms with Crippen LogP contribution in [-0.2, 0) is 74.9 Å². The molecule has 0 radical (unpaired) electrons. The zero-order chi connectivity index (χ0) is 61.3. The highest BCUT2D eigenvalue weighted by Gasteiger charge is 2.48. The van der Waals surface area contributed by atoms with Crippen molar-refractivity contribution in [2.24, 2.45) is 23.2 Å². The second-order valence-electron chi connectivity index (χ2n) is 22.7. The normalized spacial score (nSPS) is 29.3. The van der Waals surface area contributed by atoms with Crippen LogP contribution in [0.3, 0.4) is 0 Å². The van der Waals surface area contributed by atoms with Crippen molar-refractivity contribution in [3.8, 4) is 5.75 Å². The number of nitrogens with one attached hydrogen (secondary N) is 4. The summed E-state index contributed by atoms with van der Waals surface area (Å²) in [6, 6.07) is 10.0. The molecule has 4 aliphatic heterocycles. The van der Waals surface area contributed by atoms with Crippen LogP contribution in [0.15, 0.2) is 54.6 Å². The highest BCUT2D eigenvalue weighted by Crippen LogP contribution is 2.45. The maximum Gasteiger partial charge on any atom is 0.347 e. The molecule has 458 valence electrons. The molecule has 13 atom stereocenters. The van der Waals surface area contributed by atoms with Gasteiger partial charge in [-0.3, -0.25) is 38.4 Å². The summed E-state index contributed by atoms with van der Waals surface area (Å²) in [5.41, 5.74) is 0.610. The Hall–Kier alpha value is -6.34. The van der Waals surface area contributed by atoms with E-state index in [4.69, 9.17) is 40.4 Å². The van der Waals surface area contributed by atoms with Gasteiger partial charge in [0.15, 0.2) is 5.78 Å². The number of fused-ring (bicyclic) bond motifs is 18. The number of rotatable bonds is 12. The number of aliphatic hydroxyl groups is 4. The van der Waals surface area contributed by atoms with E-state index in [1.165, 1.54) is 40.0 Å². The van der Waals surface area contributed by atoms with E-state index >= 15 is 0 Å². The Balaban J connectivity index is 1.43. The van der Waals surface area contributed by atoms with Crippen LogP contribution in [0.5, 0.6) is 5.75 Å². The van der Waals surface area contributed by atoms with Crippen molar-refractivity contribution in [2.75, 3.05) is 26.8 Å². The molecule has 0 spiro atoms. The maximum atomic E-state index is 14.4. The Morgan fingerprint density at radius 1 is 0.892 bits per heavy atom. The van der Waals surface area contributed by atoms with E-state index in [0.717, 1.165) is 11.1 Å². The molecule has 0 aliphatic carbocycles. The summed E-state index contributed by atoms with van der Waals surface area (Å²) >= 11 is 6.39. The first-order valence-corrected chi connectivity index (χ1v) is 28.5. The SMILES string of the molecule is COc1ccc(C[C@H]2NC(=O)/C=C/C[C@@H]3OC(=O)[C@H](CC(C)OC[C@@H](O)[C@@H](O)[C@H](O)[C@@H](O)CNC(=O)CC[C@H](CC(=O)[C@@H](NC(=O)CCCC(=O)O)C(C)C)C(=O)CCc4ccc(cc4)[C@H]4O[C@@H]4[C@H]3C)OC(=O)C(C)(C)CNC2=O)cc1Cl. The fraction of sp³-hybridized carbons (Fsp3) is 0.610. The van der Waals surface area contributed by atoms with Gasteiger partial charge in [0, 0.05) is 76.3 Å². The average Bonchev–Trinajstić information content (AvgIpc) is 3.26. The van der Waals surface area contributed by atoms with Crippen LogP contribution in [0.25, 0.3) is 0 Å². The van der Waals surface area contributed by atoms with E-state index in [0.29, 0.717) is 11.3 Å². The lowest BCUT2D eigenvalue weighted by molar-refractivity contribution is -0.181. The highest BCUT2D eigenvalue weighted by molar-refractivity contribution is 6.32. The van der Waals surface area contributed by atoms with Gasteiger partial charge in [-0.1, -0.05) is 68.8 Å². The molecule has 24 heteroatoms. The van der Waals surface area contributed by atoms with Gasteiger partial charge < -0.3 is 70.5 Å². The summed E-state index contributed by atoms with van der Waals surface area (Å²) in [5.74, 6) is -7.87. The summed E-state index contributed by atoms with van der Waals surface area (Å²) < 4.78 is 29.3. The van der Waals surface area contributed by atoms with Crippen LogP contribution in [0.1, 0.15) is 122 Å². The first kappa shape index (κ1) is 67.5. The highest BCUT2D eigenvalue weighted by atomic mass is 35.5. The Labute approximate surface area is 487 Å². The minimum Gasteiger partial charge on any atom is -0.495 e. The van der Waals surface area contributed by atoms with Crippen molar-refractivity contribution in [1.29, 1.82) is 0 Å². The van der Waals surface area contributed by atoms with E-state index in [-0.39, 0.29) is 88.0 Å². The third-order valence-electron chi connectivity index (χ3n) is 15.1. The number of carbonyl (C=O) groups excluding carboxylic acids is 8. The lowest BCUT2D eigenvalue weighted by Crippen LogP contribution is -2.51. The second kappa shape index (κ2) is 31.5. The number of hydrogen-bond donors (Lipinski definition) is 9. The van der Waals surface area contributed by atoms with Crippen molar-refractivity contribution >= 4 is 64.7 Å². The third kappa shape index (κ3) is 20.7. The van der Waals surface area contributed by atoms with Gasteiger partial charge >= 0.3 is 17.9 Å². The van der Waals surface area contributed by atoms with Crippen molar-refractivity contribution in [1.82, 2.24) is 21.3 Å². The second-order valence-corrected chi connectivity index (χ2v) is 23.1. The zero-order valence-electron chi connectivity index (χ0n) is 48.0. The van der Waals surface area contributed by atoms with Crippen LogP contribution in [0.4, 0.5) is 0 Å². The van der Waals surface area contributed by atoms with Crippen LogP contribution < -0.4 is 26.0 Å². The molecule has 1 fully saturated rings. The van der Waals surface area contributed by atoms with Gasteiger partial charge in [0.05, 0.1) is 48.5 Å². The van der Waals surface area contributed by atoms with E-state index < -0.39 is 151 Å². The number of methoxy groups -OCH3 is 1. The monoisotopic (exact) mass is 1180 g/mol. The lowest BCUT2D eigenvalue weighted by Gasteiger charge is -2.30. The standard InChI is InChI=1S/C59H81ClN4O19/c1-31(2)51(64-49(71)12-9-13-50(72)73)41(66)27-37-20-23-47(69)61-28-42(67)52(74)53(75)43(68)29-80-32(3)24-46-57(77)81-44(33(4)54-55(83-54)36-18-14-34(15-19-36)16-21-40(37)65)10-8-11-48(70)63-39(26-35-17-22-45(79-7)38(60)25-35)56(76)62-30-59(5,6)58(78)82-46/h8,11,14-15,17-19,22,25,31-33,37,39,42-44,46,51-55,67-68,74-75H,9-10,12-13,16,20-21,23-24,26-30H2,1-7H3,(H,61,69)(H,62,76)(H,63,70)(H,64,71)(H,72,73)/b11-8+/t32?,33-,37+,39+,42-,43+,44-,46-,51-,52+,53+,54+,55+/m0/s1. The molecule has 9 N–H and O–H groups in total. The molecule has 2 aromatic rings. The van der Waals surface area contributed by atoms with Crippen molar-refractivity contribution in [3.63, 3.8) is 0 Å². The Morgan fingerprint density at radius 2 is 1.59 bits per heavy atom. The van der Waals surface area contributed by atoms with Crippen molar-refractivity contribution < 1.29 is 92.4 Å². The number of hydrogen-bond acceptors (Lipinski definition) is 18. The minimum absolute atomic E-state index is 0.00743. The number of ether oxygens (including phenoxy) is 5. The Morgan fingerprint density at radius 3 is 2.25 bits per heavy atom. The number of carboxylic acid groups (broad SMARTS) is 1. The Kier molecular flexibility index (Phi) is 25.6. The predicted octanol–water partition coefficient (Wildman–Crippen LogP) is 2.70. The van der Waals surface area contributed by atoms with E-state index in [2.05, 4.69) is 21.3 Å². The number of amides is 4. The number of carboxylic acids is 1. The fourth-order valence-electron chi connectivity index (χ4n) is 9.67. The molecular formula is C59H81ClN4O19. The van der Waals surface area contributed by atoms with Gasteiger partial charge in [-0.15, -0.1) is 0 Å². The molecule has 23 nitrogen and oxygen atoms in total. The fourth-order valence-corrected chi connectivity index (χ4v) is 9.95. The quantitative estimate of drug-likeness (QED) is 0.109. The number of ketones is 2. The number of aliphatic hydroxyl groups excluding tert-OH is 4. The van der Waals surface area contributed by atoms with Gasteiger partial charge in [-0.05, 0) is 80.9 Å². The topological polar surface area (TPSA) is 352 Å². The number of aryl methyl sites for hydroxylation is 1. The number of Topliss-reactive ketones (excluding diaryl/α,β-unsaturated/α-hetero) is 2. The summed E-state index contributed by atoms with van der Waals surface area (Å²) in [6.45, 7) is 8.05. The molecule has 4 aliphatic rings.